The quantitative estimate of drug-likeness (QED) is 0.00960. The van der Waals surface area contributed by atoms with Crippen molar-refractivity contribution >= 4 is 151 Å². The summed E-state index contributed by atoms with van der Waals surface area (Å²) in [4.78, 5) is 251. The van der Waals surface area contributed by atoms with E-state index in [-0.39, 0.29) is 165 Å². The van der Waals surface area contributed by atoms with E-state index in [4.69, 9.17) is 57.3 Å². The van der Waals surface area contributed by atoms with Crippen LogP contribution in [0.2, 0.25) is 0 Å². The third-order valence-corrected chi connectivity index (χ3v) is 22.2. The van der Waals surface area contributed by atoms with E-state index in [2.05, 4.69) is 109 Å². The second-order valence-electron chi connectivity index (χ2n) is 34.7. The molecule has 0 saturated heterocycles. The summed E-state index contributed by atoms with van der Waals surface area (Å²) in [5.74, 6) is -18.3. The van der Waals surface area contributed by atoms with Crippen LogP contribution in [0.25, 0.3) is 32.7 Å². The van der Waals surface area contributed by atoms with E-state index in [1.807, 2.05) is 24.3 Å². The summed E-state index contributed by atoms with van der Waals surface area (Å²) in [6.07, 6.45) is 2.94. The predicted molar refractivity (Wildman–Crippen MR) is 522 cm³/mol. The number of carboxylic acid groups (broad SMARTS) is 2. The fourth-order valence-electron chi connectivity index (χ4n) is 15.0. The first-order chi connectivity index (χ1) is 66.4. The van der Waals surface area contributed by atoms with Gasteiger partial charge in [0.05, 0.1) is 25.6 Å². The lowest BCUT2D eigenvalue weighted by Gasteiger charge is -2.28. The van der Waals surface area contributed by atoms with E-state index >= 15 is 14.4 Å². The first-order valence-corrected chi connectivity index (χ1v) is 46.0. The summed E-state index contributed by atoms with van der Waals surface area (Å²) in [7, 11) is 0. The molecule has 0 spiro atoms. The van der Waals surface area contributed by atoms with Crippen LogP contribution in [0, 0.1) is 11.8 Å². The number of amides is 14. The number of carboxylic acids is 2. The highest BCUT2D eigenvalue weighted by molar-refractivity contribution is 6.02. The summed E-state index contributed by atoms with van der Waals surface area (Å²) in [5.41, 5.74) is 60.8. The maximum absolute atomic E-state index is 15.3. The van der Waals surface area contributed by atoms with Crippen molar-refractivity contribution in [3.05, 3.63) is 108 Å². The van der Waals surface area contributed by atoms with Crippen LogP contribution in [0.15, 0.2) is 111 Å². The van der Waals surface area contributed by atoms with Gasteiger partial charge >= 0.3 is 11.9 Å². The predicted octanol–water partition coefficient (Wildman–Crippen LogP) is -6.07. The molecule has 3 heterocycles. The van der Waals surface area contributed by atoms with E-state index in [9.17, 15) is 77.6 Å². The Morgan fingerprint density at radius 1 is 0.336 bits per heavy atom. The number of carbonyl (C=O) groups excluding carboxylic acids is 14. The number of hydrogen-bond donors (Lipinski definition) is 30. The average Bonchev–Trinajstić information content (AvgIpc) is 1.67. The Kier molecular flexibility index (Phi) is 46.8. The summed E-state index contributed by atoms with van der Waals surface area (Å²) >= 11 is 0. The van der Waals surface area contributed by atoms with Gasteiger partial charge < -0.3 is 162 Å². The van der Waals surface area contributed by atoms with Crippen LogP contribution >= 0.6 is 0 Å². The van der Waals surface area contributed by atoms with Crippen molar-refractivity contribution in [3.8, 4) is 0 Å². The van der Waals surface area contributed by atoms with Crippen molar-refractivity contribution in [3.63, 3.8) is 0 Å². The minimum absolute atomic E-state index is 0.0187. The zero-order chi connectivity index (χ0) is 103. The van der Waals surface area contributed by atoms with Crippen LogP contribution in [0.4, 0.5) is 0 Å². The topological polar surface area (TPSA) is 859 Å². The fraction of sp³-hybridized carbons (Fsp3) is 0.511. The molecule has 3 aromatic carbocycles. The summed E-state index contributed by atoms with van der Waals surface area (Å²) < 4.78 is 0. The van der Waals surface area contributed by atoms with Gasteiger partial charge in [0.2, 0.25) is 82.7 Å². The van der Waals surface area contributed by atoms with Gasteiger partial charge in [-0.25, -0.2) is 4.79 Å². The lowest BCUT2D eigenvalue weighted by Crippen LogP contribution is -2.61. The number of aliphatic hydroxyl groups is 1. The summed E-state index contributed by atoms with van der Waals surface area (Å²) in [5, 5.41) is 68.4. The first-order valence-electron chi connectivity index (χ1n) is 46.0. The van der Waals surface area contributed by atoms with Crippen molar-refractivity contribution in [1.82, 2.24) is 89.4 Å². The number of nitrogens with zero attached hydrogens (tertiary/aromatic N) is 4. The minimum atomic E-state index is -1.97. The molecule has 0 radical (unpaired) electrons. The molecule has 0 saturated carbocycles. The van der Waals surface area contributed by atoms with E-state index in [1.165, 1.54) is 13.8 Å². The van der Waals surface area contributed by atoms with Gasteiger partial charge in [0.15, 0.2) is 23.8 Å². The van der Waals surface area contributed by atoms with Gasteiger partial charge in [-0.15, -0.1) is 0 Å². The van der Waals surface area contributed by atoms with Crippen molar-refractivity contribution in [2.24, 2.45) is 89.1 Å². The number of hydrogen-bond acceptors (Lipinski definition) is 23. The molecule has 6 rings (SSSR count). The maximum Gasteiger partial charge on any atom is 0.326 e. The summed E-state index contributed by atoms with van der Waals surface area (Å²) in [6, 6.07) is -0.181. The second kappa shape index (κ2) is 57.7. The molecule has 14 amide bonds. The molecule has 0 unspecified atom stereocenters. The number of para-hydroxylation sites is 3. The van der Waals surface area contributed by atoms with Gasteiger partial charge in [-0.2, -0.15) is 0 Å². The Morgan fingerprint density at radius 2 is 0.636 bits per heavy atom. The van der Waals surface area contributed by atoms with Gasteiger partial charge in [-0.3, -0.25) is 91.9 Å². The minimum Gasteiger partial charge on any atom is -0.481 e. The lowest BCUT2D eigenvalue weighted by molar-refractivity contribution is -0.142. The zero-order valence-corrected chi connectivity index (χ0v) is 79.3. The number of carbonyl (C=O) groups is 16. The number of aliphatic carboxylic acids is 2. The number of nitrogens with two attached hydrogens (primary N) is 10. The molecule has 766 valence electrons. The van der Waals surface area contributed by atoms with Crippen LogP contribution in [0.1, 0.15) is 148 Å². The van der Waals surface area contributed by atoms with Gasteiger partial charge in [0.25, 0.3) is 0 Å². The number of guanidine groups is 4. The van der Waals surface area contributed by atoms with Crippen LogP contribution in [0.3, 0.4) is 0 Å². The molecule has 0 aliphatic heterocycles. The highest BCUT2D eigenvalue weighted by Gasteiger charge is 2.39. The molecule has 0 aliphatic carbocycles. The molecule has 140 heavy (non-hydrogen) atoms. The van der Waals surface area contributed by atoms with Crippen molar-refractivity contribution in [2.45, 2.75) is 235 Å². The molecule has 0 fully saturated rings. The molecule has 40 N–H and O–H groups in total. The van der Waals surface area contributed by atoms with Crippen LogP contribution in [-0.4, -0.2) is 279 Å². The smallest absolute Gasteiger partial charge is 0.326 e. The first kappa shape index (κ1) is 113. The second-order valence-corrected chi connectivity index (χ2v) is 34.7. The third-order valence-electron chi connectivity index (χ3n) is 22.2. The summed E-state index contributed by atoms with van der Waals surface area (Å²) in [6.45, 7) is 7.56. The van der Waals surface area contributed by atoms with Crippen molar-refractivity contribution in [2.75, 3.05) is 45.9 Å². The Labute approximate surface area is 807 Å². The number of fused-ring (bicyclic) bond motifs is 3. The largest absolute Gasteiger partial charge is 0.481 e. The Bertz CT molecular complexity index is 5340. The molecule has 0 bridgehead atoms. The molecular weight excluding hydrogens is 1820 g/mol. The highest BCUT2D eigenvalue weighted by atomic mass is 16.4. The van der Waals surface area contributed by atoms with E-state index in [0.717, 1.165) is 10.9 Å². The Hall–Kier alpha value is -15.2. The average molecular weight is 1960 g/mol. The van der Waals surface area contributed by atoms with E-state index in [0.29, 0.717) is 44.9 Å². The number of unbranched alkanes of at least 4 members (excludes halogenated alkanes) is 1. The highest BCUT2D eigenvalue weighted by Crippen LogP contribution is 2.24. The third kappa shape index (κ3) is 38.7. The number of nitrogens with one attached hydrogen (secondary N) is 17. The van der Waals surface area contributed by atoms with Gasteiger partial charge in [0, 0.05) is 90.3 Å². The zero-order valence-electron chi connectivity index (χ0n) is 79.3. The SMILES string of the molecule is CC(C)C[C@H](NC(=O)CNC(=O)[C@H](CC(C)C)NC(=O)[C@H](CCCCN)NC(=O)[C@H](CO)NC(=O)[C@H](C)NC(=O)[C@H](CCCN=C(N)N)NC(=O)[C@H](Cc1c[nH]c2ccccc12)NC(=O)[C@H](CCCN=C(N)N)NC(=O)[C@H](CCCN=C(N)N)NC(=O)[C@H](CC(=O)O)NC(=O)[C@H](Cc1c[nH]c2ccccc12)NC(=O)[C@@H](N)Cc1c[nH]c2ccccc12)C(=O)N[C@@H](C)C(=O)N[C@@H](CCCN=C(N)N)C(=O)O. The maximum atomic E-state index is 15.3. The van der Waals surface area contributed by atoms with Crippen molar-refractivity contribution < 1.29 is 92.0 Å². The molecular formula is C90H137N31O19. The normalized spacial score (nSPS) is 14.2. The molecule has 6 aromatic rings. The number of aromatic nitrogens is 3. The van der Waals surface area contributed by atoms with Gasteiger partial charge in [-0.1, -0.05) is 82.3 Å². The Balaban J connectivity index is 1.21. The number of benzene rings is 3. The molecule has 3 aromatic heterocycles. The van der Waals surface area contributed by atoms with Gasteiger partial charge in [0.1, 0.15) is 78.5 Å². The number of rotatable bonds is 62. The molecule has 0 aliphatic rings. The number of H-pyrrole nitrogens is 3. The monoisotopic (exact) mass is 1960 g/mol. The van der Waals surface area contributed by atoms with Crippen molar-refractivity contribution in [1.29, 1.82) is 0 Å². The Morgan fingerprint density at radius 3 is 1.01 bits per heavy atom. The molecule has 50 heteroatoms. The molecule has 14 atom stereocenters. The standard InChI is InChI=1S/C90H137N31O19/c1-46(2)35-65(76(129)108-44-71(123)111-66(36-47(3)4)81(134)110-48(5)73(126)116-64(86(139)140)29-18-34-104-90(99)100)118-79(132)60(25-13-14-30-91)115-85(138)70(45-122)121-74(127)49(6)109-77(130)61(26-15-31-101-87(93)94)113-82(135)68(39-52-43-107-59-24-12-9-21-55(52)59)119-80(133)63(28-17-33-103-89(97)98)112-78(131)62(27-16-32-102-88(95)96)114-84(137)69(40-72(124)125)120-83(136)67(38-51-42-106-58-23-11-8-20-54(51)58)117-75(128)56(92)37-50-41-105-57-22-10-7-19-53(50)57/h7-12,19-24,41-43,46-49,56,60-70,105-107,122H,13-18,25-40,44-45,91-92H2,1-6H3,(H,108,129)(H,109,130)(H,110,134)(H,111,123)(H,112,131)(H,113,135)(H,114,137)(H,115,138)(H,116,126)(H,117,128)(H,118,132)(H,119,133)(H,120,136)(H,121,127)(H,124,125)(H,139,140)(H4,93,94,101)(H4,95,96,102)(H4,97,98,103)(H4,99,100,104)/t48-,49-,56-,60-,61-,62-,63-,64-,65-,66-,67-,68-,69-,70-/m0/s1. The van der Waals surface area contributed by atoms with Crippen LogP contribution in [-0.2, 0) is 96.0 Å². The van der Waals surface area contributed by atoms with Crippen LogP contribution in [0.5, 0.6) is 0 Å². The molecule has 50 nitrogen and oxygen atoms in total. The van der Waals surface area contributed by atoms with E-state index in [1.54, 1.807) is 94.8 Å². The number of aliphatic hydroxyl groups excluding tert-OH is 1. The number of aliphatic imine (C=N–C) groups is 4. The van der Waals surface area contributed by atoms with Crippen LogP contribution < -0.4 is 132 Å². The fourth-order valence-corrected chi connectivity index (χ4v) is 15.0. The van der Waals surface area contributed by atoms with Gasteiger partial charge in [-0.05, 0) is 157 Å². The van der Waals surface area contributed by atoms with E-state index < -0.39 is 199 Å². The number of aromatic amines is 3. The lowest BCUT2D eigenvalue weighted by atomic mass is 10.0.